The normalized spacial score (nSPS) is 10.8. The van der Waals surface area contributed by atoms with Crippen molar-refractivity contribution in [2.75, 3.05) is 0 Å². The predicted octanol–water partition coefficient (Wildman–Crippen LogP) is 3.23. The molecule has 4 heteroatoms. The van der Waals surface area contributed by atoms with Crippen LogP contribution >= 0.6 is 0 Å². The lowest BCUT2D eigenvalue weighted by atomic mass is 10.1. The summed E-state index contributed by atoms with van der Waals surface area (Å²) in [6.45, 7) is 0. The monoisotopic (exact) mass is 274 g/mol. The highest BCUT2D eigenvalue weighted by Gasteiger charge is 2.02. The van der Waals surface area contributed by atoms with E-state index in [0.29, 0.717) is 16.5 Å². The van der Waals surface area contributed by atoms with E-state index in [-0.39, 0.29) is 5.89 Å². The number of aromatic nitrogens is 1. The van der Waals surface area contributed by atoms with E-state index in [1.54, 1.807) is 42.5 Å². The van der Waals surface area contributed by atoms with E-state index >= 15 is 0 Å². The van der Waals surface area contributed by atoms with Crippen LogP contribution in [-0.4, -0.2) is 4.98 Å². The van der Waals surface area contributed by atoms with E-state index in [1.807, 2.05) is 18.2 Å². The third-order valence-electron chi connectivity index (χ3n) is 3.01. The molecule has 4 nitrogen and oxygen atoms in total. The molecule has 1 aromatic heterocycles. The molecule has 0 aliphatic heterocycles. The van der Waals surface area contributed by atoms with Crippen LogP contribution in [0.4, 0.5) is 0 Å². The summed E-state index contributed by atoms with van der Waals surface area (Å²) >= 11 is 0. The molecule has 0 bridgehead atoms. The van der Waals surface area contributed by atoms with Crippen molar-refractivity contribution < 1.29 is 4.42 Å². The summed E-state index contributed by atoms with van der Waals surface area (Å²) in [6, 6.07) is 16.2. The molecule has 3 aromatic rings. The van der Waals surface area contributed by atoms with Gasteiger partial charge in [0.25, 0.3) is 0 Å². The SMILES string of the molecule is N#Cc1ccc(/C=C/c2nc3ccccc3c(=O)o2)cc1. The van der Waals surface area contributed by atoms with Crippen LogP contribution in [0.2, 0.25) is 0 Å². The average Bonchev–Trinajstić information content (AvgIpc) is 2.53. The third kappa shape index (κ3) is 2.72. The fourth-order valence-electron chi connectivity index (χ4n) is 1.94. The van der Waals surface area contributed by atoms with Crippen LogP contribution in [0.1, 0.15) is 17.0 Å². The largest absolute Gasteiger partial charge is 0.404 e. The van der Waals surface area contributed by atoms with E-state index in [2.05, 4.69) is 11.1 Å². The summed E-state index contributed by atoms with van der Waals surface area (Å²) in [7, 11) is 0. The van der Waals surface area contributed by atoms with Gasteiger partial charge in [-0.2, -0.15) is 5.26 Å². The number of fused-ring (bicyclic) bond motifs is 1. The second-order valence-electron chi connectivity index (χ2n) is 4.42. The van der Waals surface area contributed by atoms with E-state index in [9.17, 15) is 4.79 Å². The van der Waals surface area contributed by atoms with Crippen molar-refractivity contribution in [3.8, 4) is 6.07 Å². The summed E-state index contributed by atoms with van der Waals surface area (Å²) in [6.07, 6.45) is 3.41. The maximum absolute atomic E-state index is 11.8. The Hall–Kier alpha value is -3.19. The average molecular weight is 274 g/mol. The Morgan fingerprint density at radius 2 is 1.81 bits per heavy atom. The first-order valence-electron chi connectivity index (χ1n) is 6.34. The van der Waals surface area contributed by atoms with Gasteiger partial charge in [0, 0.05) is 6.08 Å². The molecule has 0 fully saturated rings. The molecule has 100 valence electrons. The van der Waals surface area contributed by atoms with Crippen molar-refractivity contribution in [1.82, 2.24) is 4.98 Å². The molecule has 1 heterocycles. The maximum Gasteiger partial charge on any atom is 0.347 e. The number of hydrogen-bond donors (Lipinski definition) is 0. The molecule has 0 amide bonds. The fraction of sp³-hybridized carbons (Fsp3) is 0. The zero-order valence-corrected chi connectivity index (χ0v) is 11.0. The van der Waals surface area contributed by atoms with Crippen LogP contribution in [0.25, 0.3) is 23.1 Å². The molecule has 0 unspecified atom stereocenters. The molecule has 21 heavy (non-hydrogen) atoms. The first-order valence-corrected chi connectivity index (χ1v) is 6.34. The molecule has 0 atom stereocenters. The quantitative estimate of drug-likeness (QED) is 0.719. The summed E-state index contributed by atoms with van der Waals surface area (Å²) in [4.78, 5) is 16.1. The van der Waals surface area contributed by atoms with Gasteiger partial charge < -0.3 is 4.42 Å². The van der Waals surface area contributed by atoms with Crippen molar-refractivity contribution in [1.29, 1.82) is 5.26 Å². The van der Waals surface area contributed by atoms with Crippen LogP contribution in [-0.2, 0) is 0 Å². The first-order chi connectivity index (χ1) is 10.3. The van der Waals surface area contributed by atoms with Gasteiger partial charge in [-0.25, -0.2) is 9.78 Å². The Morgan fingerprint density at radius 1 is 1.05 bits per heavy atom. The second kappa shape index (κ2) is 5.43. The maximum atomic E-state index is 11.8. The lowest BCUT2D eigenvalue weighted by Gasteiger charge is -1.97. The number of nitrogens with zero attached hydrogens (tertiary/aromatic N) is 2. The van der Waals surface area contributed by atoms with Gasteiger partial charge in [0.1, 0.15) is 0 Å². The standard InChI is InChI=1S/C17H10N2O2/c18-11-13-7-5-12(6-8-13)9-10-16-19-15-4-2-1-3-14(15)17(20)21-16/h1-10H/b10-9+. The van der Waals surface area contributed by atoms with E-state index in [1.165, 1.54) is 0 Å². The molecule has 0 spiro atoms. The van der Waals surface area contributed by atoms with Crippen molar-refractivity contribution in [2.24, 2.45) is 0 Å². The Bertz CT molecular complexity index is 916. The van der Waals surface area contributed by atoms with Gasteiger partial charge in [-0.1, -0.05) is 24.3 Å². The third-order valence-corrected chi connectivity index (χ3v) is 3.01. The van der Waals surface area contributed by atoms with Gasteiger partial charge in [0.05, 0.1) is 22.5 Å². The van der Waals surface area contributed by atoms with Gasteiger partial charge in [-0.3, -0.25) is 0 Å². The first kappa shape index (κ1) is 12.8. The Kier molecular flexibility index (Phi) is 3.32. The topological polar surface area (TPSA) is 66.9 Å². The van der Waals surface area contributed by atoms with Crippen LogP contribution < -0.4 is 5.63 Å². The molecule has 0 saturated carbocycles. The number of para-hydroxylation sites is 1. The minimum absolute atomic E-state index is 0.253. The summed E-state index contributed by atoms with van der Waals surface area (Å²) < 4.78 is 5.15. The molecule has 0 aliphatic carbocycles. The second-order valence-corrected chi connectivity index (χ2v) is 4.42. The van der Waals surface area contributed by atoms with Gasteiger partial charge in [-0.05, 0) is 35.9 Å². The van der Waals surface area contributed by atoms with Crippen LogP contribution in [0.15, 0.2) is 57.7 Å². The summed E-state index contributed by atoms with van der Waals surface area (Å²) in [5, 5.41) is 9.21. The fourth-order valence-corrected chi connectivity index (χ4v) is 1.94. The molecular weight excluding hydrogens is 264 g/mol. The number of benzene rings is 2. The lowest BCUT2D eigenvalue weighted by Crippen LogP contribution is -2.02. The van der Waals surface area contributed by atoms with Gasteiger partial charge in [0.15, 0.2) is 0 Å². The van der Waals surface area contributed by atoms with Crippen LogP contribution in [0.5, 0.6) is 0 Å². The van der Waals surface area contributed by atoms with Crippen molar-refractivity contribution in [2.45, 2.75) is 0 Å². The summed E-state index contributed by atoms with van der Waals surface area (Å²) in [5.74, 6) is 0.253. The van der Waals surface area contributed by atoms with Gasteiger partial charge in [0.2, 0.25) is 5.89 Å². The highest BCUT2D eigenvalue weighted by molar-refractivity contribution is 5.78. The number of nitriles is 1. The minimum atomic E-state index is -0.403. The minimum Gasteiger partial charge on any atom is -0.404 e. The number of rotatable bonds is 2. The van der Waals surface area contributed by atoms with Crippen LogP contribution in [0.3, 0.4) is 0 Å². The Morgan fingerprint density at radius 3 is 2.57 bits per heavy atom. The molecule has 3 rings (SSSR count). The predicted molar refractivity (Wildman–Crippen MR) is 80.4 cm³/mol. The lowest BCUT2D eigenvalue weighted by molar-refractivity contribution is 0.491. The van der Waals surface area contributed by atoms with Crippen molar-refractivity contribution in [3.05, 3.63) is 76.0 Å². The zero-order chi connectivity index (χ0) is 14.7. The van der Waals surface area contributed by atoms with E-state index in [4.69, 9.17) is 9.68 Å². The molecule has 0 radical (unpaired) electrons. The zero-order valence-electron chi connectivity index (χ0n) is 11.0. The molecule has 0 aliphatic rings. The van der Waals surface area contributed by atoms with Crippen molar-refractivity contribution >= 4 is 23.1 Å². The Balaban J connectivity index is 1.95. The van der Waals surface area contributed by atoms with E-state index < -0.39 is 5.63 Å². The Labute approximate surface area is 120 Å². The van der Waals surface area contributed by atoms with E-state index in [0.717, 1.165) is 5.56 Å². The van der Waals surface area contributed by atoms with Gasteiger partial charge in [-0.15, -0.1) is 0 Å². The smallest absolute Gasteiger partial charge is 0.347 e. The summed E-state index contributed by atoms with van der Waals surface area (Å²) in [5.41, 5.74) is 1.70. The van der Waals surface area contributed by atoms with Gasteiger partial charge >= 0.3 is 5.63 Å². The molecular formula is C17H10N2O2. The molecule has 0 N–H and O–H groups in total. The highest BCUT2D eigenvalue weighted by atomic mass is 16.4. The van der Waals surface area contributed by atoms with Crippen LogP contribution in [0, 0.1) is 11.3 Å². The molecule has 2 aromatic carbocycles. The number of hydrogen-bond acceptors (Lipinski definition) is 4. The highest BCUT2D eigenvalue weighted by Crippen LogP contribution is 2.11. The van der Waals surface area contributed by atoms with Crippen molar-refractivity contribution in [3.63, 3.8) is 0 Å². The molecule has 0 saturated heterocycles.